The van der Waals surface area contributed by atoms with Gasteiger partial charge in [0, 0.05) is 18.0 Å². The second-order valence-corrected chi connectivity index (χ2v) is 3.86. The monoisotopic (exact) mass is 235 g/mol. The van der Waals surface area contributed by atoms with E-state index in [-0.39, 0.29) is 0 Å². The first-order valence-corrected chi connectivity index (χ1v) is 5.44. The van der Waals surface area contributed by atoms with Crippen LogP contribution in [0.25, 0.3) is 22.4 Å². The predicted molar refractivity (Wildman–Crippen MR) is 67.1 cm³/mol. The lowest BCUT2D eigenvalue weighted by molar-refractivity contribution is 1.27. The second-order valence-electron chi connectivity index (χ2n) is 3.86. The molecule has 6 nitrogen and oxygen atoms in total. The highest BCUT2D eigenvalue weighted by molar-refractivity contribution is 5.97. The Hall–Kier alpha value is -2.76. The van der Waals surface area contributed by atoms with Crippen LogP contribution in [-0.2, 0) is 0 Å². The van der Waals surface area contributed by atoms with E-state index in [2.05, 4.69) is 30.2 Å². The molecule has 0 fully saturated rings. The zero-order valence-corrected chi connectivity index (χ0v) is 9.20. The zero-order valence-electron chi connectivity index (χ0n) is 9.20. The smallest absolute Gasteiger partial charge is 0.178 e. The molecule has 1 N–H and O–H groups in total. The summed E-state index contributed by atoms with van der Waals surface area (Å²) >= 11 is 0. The maximum atomic E-state index is 4.40. The van der Waals surface area contributed by atoms with E-state index in [4.69, 9.17) is 0 Å². The first-order chi connectivity index (χ1) is 8.93. The highest BCUT2D eigenvalue weighted by atomic mass is 15.0. The van der Waals surface area contributed by atoms with Crippen LogP contribution in [0.1, 0.15) is 0 Å². The molecule has 1 aliphatic rings. The number of hydrogen-bond acceptors (Lipinski definition) is 4. The molecule has 4 heterocycles. The van der Waals surface area contributed by atoms with Crippen LogP contribution in [0.5, 0.6) is 0 Å². The molecular formula is C12H7N6. The number of imidazole rings is 1. The fourth-order valence-corrected chi connectivity index (χ4v) is 2.07. The Balaban J connectivity index is 2.06. The molecular weight excluding hydrogens is 228 g/mol. The van der Waals surface area contributed by atoms with Gasteiger partial charge in [-0.15, -0.1) is 0 Å². The fraction of sp³-hybridized carbons (Fsp3) is 0. The third kappa shape index (κ3) is 1.17. The van der Waals surface area contributed by atoms with Crippen molar-refractivity contribution in [2.24, 2.45) is 4.99 Å². The maximum absolute atomic E-state index is 4.40. The van der Waals surface area contributed by atoms with Gasteiger partial charge in [0.05, 0.1) is 17.5 Å². The van der Waals surface area contributed by atoms with Crippen LogP contribution in [0.2, 0.25) is 0 Å². The normalized spacial score (nSPS) is 12.7. The van der Waals surface area contributed by atoms with Crippen LogP contribution in [0, 0.1) is 0 Å². The van der Waals surface area contributed by atoms with Crippen molar-refractivity contribution in [2.75, 3.05) is 0 Å². The minimum absolute atomic E-state index is 0.672. The van der Waals surface area contributed by atoms with Gasteiger partial charge in [-0.3, -0.25) is 4.98 Å². The molecule has 4 rings (SSSR count). The molecule has 0 amide bonds. The summed E-state index contributed by atoms with van der Waals surface area (Å²) in [5.74, 6) is 0. The van der Waals surface area contributed by atoms with Crippen molar-refractivity contribution in [2.45, 2.75) is 0 Å². The van der Waals surface area contributed by atoms with Crippen molar-refractivity contribution in [1.82, 2.24) is 25.3 Å². The molecule has 0 aromatic carbocycles. The Morgan fingerprint density at radius 3 is 2.94 bits per heavy atom. The standard InChI is InChI=1S/C12H7N6/c1-3-14-12-10(16-6-18-12)7(1)9-11-8(2-4-13-9)15-5-17-11/h1-6H,(H,14,16,18). The molecule has 0 unspecified atom stereocenters. The van der Waals surface area contributed by atoms with Crippen LogP contribution in [0.15, 0.2) is 35.8 Å². The summed E-state index contributed by atoms with van der Waals surface area (Å²) in [7, 11) is 0. The van der Waals surface area contributed by atoms with Gasteiger partial charge in [0.15, 0.2) is 5.65 Å². The molecule has 3 aromatic rings. The Morgan fingerprint density at radius 2 is 1.94 bits per heavy atom. The number of aliphatic imine (C=N–C) groups is 1. The van der Waals surface area contributed by atoms with Crippen molar-refractivity contribution >= 4 is 28.9 Å². The lowest BCUT2D eigenvalue weighted by Gasteiger charge is -2.05. The molecule has 0 bridgehead atoms. The van der Waals surface area contributed by atoms with Crippen LogP contribution < -0.4 is 5.32 Å². The highest BCUT2D eigenvalue weighted by Gasteiger charge is 2.17. The fourth-order valence-electron chi connectivity index (χ4n) is 2.07. The van der Waals surface area contributed by atoms with E-state index in [1.807, 2.05) is 12.1 Å². The second kappa shape index (κ2) is 3.36. The molecule has 6 heteroatoms. The SMILES string of the molecule is C1=Nc2c(ccnc2-c2ccnc3nc[nH]c23)[N]1. The van der Waals surface area contributed by atoms with Crippen molar-refractivity contribution < 1.29 is 0 Å². The van der Waals surface area contributed by atoms with E-state index in [9.17, 15) is 0 Å². The molecule has 1 aliphatic heterocycles. The summed E-state index contributed by atoms with van der Waals surface area (Å²) in [6.07, 6.45) is 6.61. The summed E-state index contributed by atoms with van der Waals surface area (Å²) < 4.78 is 0. The van der Waals surface area contributed by atoms with Gasteiger partial charge in [-0.25, -0.2) is 20.3 Å². The van der Waals surface area contributed by atoms with Gasteiger partial charge >= 0.3 is 0 Å². The van der Waals surface area contributed by atoms with Gasteiger partial charge in [0.1, 0.15) is 17.7 Å². The number of nitrogens with zero attached hydrogens (tertiary/aromatic N) is 5. The number of nitrogens with one attached hydrogen (secondary N) is 1. The number of fused-ring (bicyclic) bond motifs is 2. The highest BCUT2D eigenvalue weighted by Crippen LogP contribution is 2.38. The third-order valence-electron chi connectivity index (χ3n) is 2.87. The summed E-state index contributed by atoms with van der Waals surface area (Å²) in [5, 5.41) is 4.18. The molecule has 0 saturated heterocycles. The summed E-state index contributed by atoms with van der Waals surface area (Å²) in [6, 6.07) is 3.74. The maximum Gasteiger partial charge on any atom is 0.178 e. The van der Waals surface area contributed by atoms with Gasteiger partial charge in [-0.1, -0.05) is 0 Å². The molecule has 0 aliphatic carbocycles. The molecule has 1 radical (unpaired) electrons. The Kier molecular flexibility index (Phi) is 1.74. The number of rotatable bonds is 1. The van der Waals surface area contributed by atoms with Crippen molar-refractivity contribution in [3.63, 3.8) is 0 Å². The summed E-state index contributed by atoms with van der Waals surface area (Å²) in [6.45, 7) is 0. The van der Waals surface area contributed by atoms with E-state index in [0.29, 0.717) is 5.65 Å². The number of aromatic amines is 1. The zero-order chi connectivity index (χ0) is 11.9. The van der Waals surface area contributed by atoms with Gasteiger partial charge in [-0.05, 0) is 12.1 Å². The van der Waals surface area contributed by atoms with Crippen LogP contribution >= 0.6 is 0 Å². The van der Waals surface area contributed by atoms with Crippen molar-refractivity contribution in [1.29, 1.82) is 0 Å². The van der Waals surface area contributed by atoms with E-state index in [1.165, 1.54) is 0 Å². The average Bonchev–Trinajstić information content (AvgIpc) is 3.06. The lowest BCUT2D eigenvalue weighted by Crippen LogP contribution is -1.89. The number of H-pyrrole nitrogens is 1. The van der Waals surface area contributed by atoms with Gasteiger partial charge in [0.25, 0.3) is 0 Å². The van der Waals surface area contributed by atoms with Crippen LogP contribution in [0.4, 0.5) is 11.4 Å². The van der Waals surface area contributed by atoms with E-state index >= 15 is 0 Å². The molecule has 85 valence electrons. The van der Waals surface area contributed by atoms with Crippen LogP contribution in [0.3, 0.4) is 0 Å². The number of hydrogen-bond donors (Lipinski definition) is 1. The van der Waals surface area contributed by atoms with Gasteiger partial charge in [0.2, 0.25) is 0 Å². The molecule has 18 heavy (non-hydrogen) atoms. The molecule has 0 spiro atoms. The average molecular weight is 235 g/mol. The lowest BCUT2D eigenvalue weighted by atomic mass is 10.1. The quantitative estimate of drug-likeness (QED) is 0.699. The van der Waals surface area contributed by atoms with Gasteiger partial charge in [-0.2, -0.15) is 0 Å². The van der Waals surface area contributed by atoms with Crippen molar-refractivity contribution in [3.8, 4) is 11.3 Å². The largest absolute Gasteiger partial charge is 0.343 e. The predicted octanol–water partition coefficient (Wildman–Crippen LogP) is 1.93. The molecule has 0 saturated carbocycles. The molecule has 3 aromatic heterocycles. The number of aromatic nitrogens is 4. The van der Waals surface area contributed by atoms with E-state index < -0.39 is 0 Å². The Bertz CT molecular complexity index is 773. The van der Waals surface area contributed by atoms with Crippen LogP contribution in [-0.4, -0.2) is 26.3 Å². The third-order valence-corrected chi connectivity index (χ3v) is 2.87. The van der Waals surface area contributed by atoms with Crippen molar-refractivity contribution in [3.05, 3.63) is 30.9 Å². The summed E-state index contributed by atoms with van der Waals surface area (Å²) in [4.78, 5) is 20.1. The minimum Gasteiger partial charge on any atom is -0.343 e. The Labute approximate surface area is 102 Å². The summed E-state index contributed by atoms with van der Waals surface area (Å²) in [5.41, 5.74) is 4.89. The first-order valence-electron chi connectivity index (χ1n) is 5.44. The number of pyridine rings is 2. The topological polar surface area (TPSA) is 80.9 Å². The molecule has 0 atom stereocenters. The minimum atomic E-state index is 0.672. The van der Waals surface area contributed by atoms with Gasteiger partial charge < -0.3 is 4.98 Å². The Morgan fingerprint density at radius 1 is 1.00 bits per heavy atom. The van der Waals surface area contributed by atoms with E-state index in [1.54, 1.807) is 25.1 Å². The van der Waals surface area contributed by atoms with E-state index in [0.717, 1.165) is 28.1 Å². The first kappa shape index (κ1) is 9.29.